The number of ether oxygens (including phenoxy) is 1. The van der Waals surface area contributed by atoms with Crippen LogP contribution in [-0.4, -0.2) is 46.0 Å². The predicted molar refractivity (Wildman–Crippen MR) is 77.1 cm³/mol. The van der Waals surface area contributed by atoms with Crippen molar-refractivity contribution in [2.45, 2.75) is 45.7 Å². The van der Waals surface area contributed by atoms with Gasteiger partial charge in [-0.3, -0.25) is 9.48 Å². The third kappa shape index (κ3) is 4.29. The van der Waals surface area contributed by atoms with Crippen molar-refractivity contribution >= 4 is 11.9 Å². The number of hydrogen-bond acceptors (Lipinski definition) is 4. The fourth-order valence-corrected chi connectivity index (χ4v) is 2.25. The number of amides is 1. The summed E-state index contributed by atoms with van der Waals surface area (Å²) < 4.78 is 6.64. The van der Waals surface area contributed by atoms with Gasteiger partial charge in [0, 0.05) is 19.2 Å². The molecule has 2 atom stereocenters. The summed E-state index contributed by atoms with van der Waals surface area (Å²) in [6, 6.07) is 1.78. The summed E-state index contributed by atoms with van der Waals surface area (Å²) in [7, 11) is 1.39. The molecular formula is C14H23N3O4. The summed E-state index contributed by atoms with van der Waals surface area (Å²) >= 11 is 0. The molecule has 21 heavy (non-hydrogen) atoms. The Morgan fingerprint density at radius 2 is 2.14 bits per heavy atom. The average molecular weight is 297 g/mol. The summed E-state index contributed by atoms with van der Waals surface area (Å²) in [6.45, 7) is 7.00. The van der Waals surface area contributed by atoms with Gasteiger partial charge in [-0.1, -0.05) is 0 Å². The summed E-state index contributed by atoms with van der Waals surface area (Å²) in [4.78, 5) is 23.3. The first-order valence-corrected chi connectivity index (χ1v) is 6.75. The Hall–Kier alpha value is -1.89. The van der Waals surface area contributed by atoms with E-state index in [0.29, 0.717) is 0 Å². The predicted octanol–water partition coefficient (Wildman–Crippen LogP) is 1.06. The second kappa shape index (κ2) is 6.71. The van der Waals surface area contributed by atoms with Gasteiger partial charge in [-0.15, -0.1) is 0 Å². The number of aromatic nitrogens is 2. The van der Waals surface area contributed by atoms with Gasteiger partial charge in [-0.25, -0.2) is 4.79 Å². The summed E-state index contributed by atoms with van der Waals surface area (Å²) in [5.41, 5.74) is 0.417. The van der Waals surface area contributed by atoms with Crippen LogP contribution in [0.5, 0.6) is 0 Å². The van der Waals surface area contributed by atoms with E-state index in [2.05, 4.69) is 10.4 Å². The van der Waals surface area contributed by atoms with E-state index in [0.717, 1.165) is 11.4 Å². The minimum atomic E-state index is -1.43. The largest absolute Gasteiger partial charge is 0.479 e. The van der Waals surface area contributed by atoms with Crippen LogP contribution in [0.1, 0.15) is 37.7 Å². The topological polar surface area (TPSA) is 93.5 Å². The number of rotatable bonds is 7. The SMILES string of the molecule is COCC(C)(NC(=O)CC(C)n1nc(C)cc1C)C(=O)O. The molecule has 118 valence electrons. The highest BCUT2D eigenvalue weighted by molar-refractivity contribution is 5.86. The maximum atomic E-state index is 12.1. The summed E-state index contributed by atoms with van der Waals surface area (Å²) in [5, 5.41) is 16.0. The van der Waals surface area contributed by atoms with Crippen LogP contribution >= 0.6 is 0 Å². The number of carbonyl (C=O) groups excluding carboxylic acids is 1. The van der Waals surface area contributed by atoms with Crippen molar-refractivity contribution in [2.75, 3.05) is 13.7 Å². The highest BCUT2D eigenvalue weighted by Gasteiger charge is 2.35. The van der Waals surface area contributed by atoms with Crippen LogP contribution in [0, 0.1) is 13.8 Å². The van der Waals surface area contributed by atoms with Gasteiger partial charge in [0.2, 0.25) is 5.91 Å². The zero-order valence-corrected chi connectivity index (χ0v) is 13.1. The molecule has 0 saturated carbocycles. The molecule has 0 aliphatic carbocycles. The van der Waals surface area contributed by atoms with Crippen molar-refractivity contribution in [2.24, 2.45) is 0 Å². The Kier molecular flexibility index (Phi) is 5.48. The zero-order valence-electron chi connectivity index (χ0n) is 13.1. The van der Waals surface area contributed by atoms with Gasteiger partial charge < -0.3 is 15.2 Å². The quantitative estimate of drug-likeness (QED) is 0.785. The molecule has 1 amide bonds. The standard InChI is InChI=1S/C14H23N3O4/c1-9-6-10(2)17(16-9)11(3)7-12(18)15-14(4,8-21-5)13(19)20/h6,11H,7-8H2,1-5H3,(H,15,18)(H,19,20). The van der Waals surface area contributed by atoms with Gasteiger partial charge in [-0.05, 0) is 33.8 Å². The molecule has 2 N–H and O–H groups in total. The number of carbonyl (C=O) groups is 2. The molecule has 2 unspecified atom stereocenters. The maximum absolute atomic E-state index is 12.1. The van der Waals surface area contributed by atoms with E-state index < -0.39 is 11.5 Å². The van der Waals surface area contributed by atoms with E-state index in [4.69, 9.17) is 4.74 Å². The van der Waals surface area contributed by atoms with Crippen LogP contribution in [0.4, 0.5) is 0 Å². The first-order valence-electron chi connectivity index (χ1n) is 6.75. The minimum absolute atomic E-state index is 0.0949. The number of nitrogens with zero attached hydrogens (tertiary/aromatic N) is 2. The second-order valence-corrected chi connectivity index (χ2v) is 5.54. The van der Waals surface area contributed by atoms with Crippen molar-refractivity contribution in [1.82, 2.24) is 15.1 Å². The molecule has 1 aromatic heterocycles. The molecule has 7 nitrogen and oxygen atoms in total. The Balaban J connectivity index is 2.72. The fourth-order valence-electron chi connectivity index (χ4n) is 2.25. The molecule has 1 rings (SSSR count). The number of carboxylic acid groups (broad SMARTS) is 1. The third-order valence-corrected chi connectivity index (χ3v) is 3.26. The van der Waals surface area contributed by atoms with Crippen LogP contribution < -0.4 is 5.32 Å². The first-order chi connectivity index (χ1) is 9.69. The van der Waals surface area contributed by atoms with Crippen LogP contribution in [0.15, 0.2) is 6.07 Å². The van der Waals surface area contributed by atoms with Gasteiger partial charge in [-0.2, -0.15) is 5.10 Å². The van der Waals surface area contributed by atoms with E-state index in [-0.39, 0.29) is 25.0 Å². The average Bonchev–Trinajstić information content (AvgIpc) is 2.68. The van der Waals surface area contributed by atoms with E-state index in [1.165, 1.54) is 14.0 Å². The highest BCUT2D eigenvalue weighted by Crippen LogP contribution is 2.15. The fraction of sp³-hybridized carbons (Fsp3) is 0.643. The van der Waals surface area contributed by atoms with E-state index in [1.54, 1.807) is 4.68 Å². The molecule has 0 fully saturated rings. The lowest BCUT2D eigenvalue weighted by molar-refractivity contribution is -0.149. The molecule has 0 bridgehead atoms. The van der Waals surface area contributed by atoms with Crippen molar-refractivity contribution in [3.8, 4) is 0 Å². The van der Waals surface area contributed by atoms with Crippen LogP contribution in [-0.2, 0) is 14.3 Å². The molecule has 0 spiro atoms. The van der Waals surface area contributed by atoms with Crippen LogP contribution in [0.3, 0.4) is 0 Å². The highest BCUT2D eigenvalue weighted by atomic mass is 16.5. The third-order valence-electron chi connectivity index (χ3n) is 3.26. The molecule has 0 aliphatic heterocycles. The number of nitrogens with one attached hydrogen (secondary N) is 1. The number of carboxylic acids is 1. The lowest BCUT2D eigenvalue weighted by Gasteiger charge is -2.26. The van der Waals surface area contributed by atoms with Crippen LogP contribution in [0.2, 0.25) is 0 Å². The Morgan fingerprint density at radius 3 is 2.57 bits per heavy atom. The summed E-state index contributed by atoms with van der Waals surface area (Å²) in [5.74, 6) is -1.48. The number of aryl methyl sites for hydroxylation is 2. The monoisotopic (exact) mass is 297 g/mol. The molecular weight excluding hydrogens is 274 g/mol. The lowest BCUT2D eigenvalue weighted by atomic mass is 10.0. The summed E-state index contributed by atoms with van der Waals surface area (Å²) in [6.07, 6.45) is 0.147. The lowest BCUT2D eigenvalue weighted by Crippen LogP contribution is -2.55. The molecule has 1 heterocycles. The van der Waals surface area contributed by atoms with Crippen molar-refractivity contribution < 1.29 is 19.4 Å². The molecule has 7 heteroatoms. The van der Waals surface area contributed by atoms with Crippen molar-refractivity contribution in [3.63, 3.8) is 0 Å². The minimum Gasteiger partial charge on any atom is -0.479 e. The van der Waals surface area contributed by atoms with E-state index in [9.17, 15) is 14.7 Å². The van der Waals surface area contributed by atoms with Crippen LogP contribution in [0.25, 0.3) is 0 Å². The van der Waals surface area contributed by atoms with E-state index >= 15 is 0 Å². The number of methoxy groups -OCH3 is 1. The Morgan fingerprint density at radius 1 is 1.52 bits per heavy atom. The van der Waals surface area contributed by atoms with Gasteiger partial charge in [0.05, 0.1) is 18.3 Å². The van der Waals surface area contributed by atoms with Crippen molar-refractivity contribution in [3.05, 3.63) is 17.5 Å². The Bertz CT molecular complexity index is 526. The van der Waals surface area contributed by atoms with Gasteiger partial charge in [0.25, 0.3) is 0 Å². The number of aliphatic carboxylic acids is 1. The van der Waals surface area contributed by atoms with E-state index in [1.807, 2.05) is 26.8 Å². The van der Waals surface area contributed by atoms with Gasteiger partial charge in [0.1, 0.15) is 0 Å². The molecule has 0 radical (unpaired) electrons. The van der Waals surface area contributed by atoms with Gasteiger partial charge >= 0.3 is 5.97 Å². The molecule has 0 aliphatic rings. The normalized spacial score (nSPS) is 15.3. The van der Waals surface area contributed by atoms with Crippen molar-refractivity contribution in [1.29, 1.82) is 0 Å². The molecule has 0 saturated heterocycles. The smallest absolute Gasteiger partial charge is 0.331 e. The second-order valence-electron chi connectivity index (χ2n) is 5.54. The Labute approximate surface area is 124 Å². The maximum Gasteiger partial charge on any atom is 0.331 e. The molecule has 1 aromatic rings. The first kappa shape index (κ1) is 17.2. The molecule has 0 aromatic carbocycles. The van der Waals surface area contributed by atoms with Gasteiger partial charge in [0.15, 0.2) is 5.54 Å². The zero-order chi connectivity index (χ0) is 16.2. The number of hydrogen-bond donors (Lipinski definition) is 2.